The molecule has 4 rings (SSSR count). The maximum Gasteiger partial charge on any atom is 0.155 e. The van der Waals surface area contributed by atoms with E-state index in [9.17, 15) is 0 Å². The summed E-state index contributed by atoms with van der Waals surface area (Å²) in [7, 11) is 3.00. The second-order valence-electron chi connectivity index (χ2n) is 7.15. The molecular weight excluding hydrogens is 293 g/mol. The van der Waals surface area contributed by atoms with E-state index in [0.717, 1.165) is 24.6 Å². The van der Waals surface area contributed by atoms with Crippen LogP contribution in [0.25, 0.3) is 5.65 Å². The summed E-state index contributed by atoms with van der Waals surface area (Å²) >= 11 is 0. The van der Waals surface area contributed by atoms with Gasteiger partial charge in [0.05, 0.1) is 11.9 Å². The average molecular weight is 317 g/mol. The highest BCUT2D eigenvalue weighted by Crippen LogP contribution is 2.34. The fourth-order valence-electron chi connectivity index (χ4n) is 3.80. The van der Waals surface area contributed by atoms with E-state index in [0.29, 0.717) is 11.2 Å². The van der Waals surface area contributed by atoms with Crippen LogP contribution < -0.4 is 4.90 Å². The lowest BCUT2D eigenvalue weighted by molar-refractivity contribution is 0.0735. The first-order valence-corrected chi connectivity index (χ1v) is 8.69. The minimum atomic E-state index is 0.430. The third-order valence-electron chi connectivity index (χ3n) is 4.83. The highest BCUT2D eigenvalue weighted by atomic mass is 31.0. The Bertz CT molecular complexity index is 687. The van der Waals surface area contributed by atoms with Crippen molar-refractivity contribution in [2.75, 3.05) is 31.1 Å². The molecule has 22 heavy (non-hydrogen) atoms. The lowest BCUT2D eigenvalue weighted by Crippen LogP contribution is -2.62. The lowest BCUT2D eigenvalue weighted by atomic mass is 9.94. The molecule has 2 aromatic heterocycles. The maximum atomic E-state index is 4.43. The van der Waals surface area contributed by atoms with Crippen LogP contribution in [0.2, 0.25) is 0 Å². The number of piperidine rings is 1. The molecular formula is C16H24N5P. The molecule has 0 bridgehead atoms. The summed E-state index contributed by atoms with van der Waals surface area (Å²) in [6, 6.07) is 4.94. The van der Waals surface area contributed by atoms with Gasteiger partial charge in [0.2, 0.25) is 0 Å². The largest absolute Gasteiger partial charge is 0.369 e. The number of hydrogen-bond acceptors (Lipinski definition) is 4. The molecule has 2 aliphatic heterocycles. The van der Waals surface area contributed by atoms with Crippen LogP contribution in [-0.2, 0) is 0 Å². The number of nitrogens with zero attached hydrogens (tertiary/aromatic N) is 5. The summed E-state index contributed by atoms with van der Waals surface area (Å²) in [5, 5.41) is 4.86. The minimum absolute atomic E-state index is 0.430. The van der Waals surface area contributed by atoms with Crippen molar-refractivity contribution in [1.29, 1.82) is 0 Å². The van der Waals surface area contributed by atoms with Crippen LogP contribution in [0.4, 0.5) is 5.69 Å². The van der Waals surface area contributed by atoms with Crippen LogP contribution in [0.5, 0.6) is 0 Å². The van der Waals surface area contributed by atoms with Crippen molar-refractivity contribution in [2.24, 2.45) is 0 Å². The van der Waals surface area contributed by atoms with Gasteiger partial charge in [-0.05, 0) is 31.9 Å². The molecule has 4 heterocycles. The van der Waals surface area contributed by atoms with E-state index < -0.39 is 0 Å². The predicted molar refractivity (Wildman–Crippen MR) is 92.6 cm³/mol. The van der Waals surface area contributed by atoms with Crippen molar-refractivity contribution >= 4 is 20.6 Å². The first-order valence-electron chi connectivity index (χ1n) is 8.11. The zero-order valence-corrected chi connectivity index (χ0v) is 14.5. The van der Waals surface area contributed by atoms with E-state index in [-0.39, 0.29) is 0 Å². The van der Waals surface area contributed by atoms with Gasteiger partial charge in [-0.15, -0.1) is 9.24 Å². The molecule has 6 heteroatoms. The predicted octanol–water partition coefficient (Wildman–Crippen LogP) is 1.96. The van der Waals surface area contributed by atoms with Gasteiger partial charge < -0.3 is 4.90 Å². The van der Waals surface area contributed by atoms with Gasteiger partial charge in [0.1, 0.15) is 5.82 Å². The average Bonchev–Trinajstić information content (AvgIpc) is 2.84. The van der Waals surface area contributed by atoms with Crippen molar-refractivity contribution in [3.05, 3.63) is 24.2 Å². The molecule has 2 aromatic rings. The molecule has 0 radical (unpaired) electrons. The Kier molecular flexibility index (Phi) is 3.39. The molecule has 0 amide bonds. The van der Waals surface area contributed by atoms with Gasteiger partial charge in [-0.25, -0.2) is 9.50 Å². The topological polar surface area (TPSA) is 36.7 Å². The molecule has 2 saturated heterocycles. The Balaban J connectivity index is 1.51. The molecule has 0 aliphatic carbocycles. The molecule has 118 valence electrons. The van der Waals surface area contributed by atoms with Crippen LogP contribution in [0.1, 0.15) is 25.6 Å². The van der Waals surface area contributed by atoms with Gasteiger partial charge in [0.15, 0.2) is 5.65 Å². The van der Waals surface area contributed by atoms with Gasteiger partial charge in [0.25, 0.3) is 0 Å². The van der Waals surface area contributed by atoms with Crippen molar-refractivity contribution in [1.82, 2.24) is 19.5 Å². The third kappa shape index (κ3) is 2.61. The van der Waals surface area contributed by atoms with E-state index in [1.807, 2.05) is 11.4 Å². The molecule has 2 fully saturated rings. The zero-order valence-electron chi connectivity index (χ0n) is 13.4. The number of anilines is 1. The van der Waals surface area contributed by atoms with Crippen molar-refractivity contribution in [3.8, 4) is 0 Å². The normalized spacial score (nSPS) is 25.4. The van der Waals surface area contributed by atoms with Crippen molar-refractivity contribution in [3.63, 3.8) is 0 Å². The monoisotopic (exact) mass is 317 g/mol. The summed E-state index contributed by atoms with van der Waals surface area (Å²) in [5.41, 5.74) is 2.19. The Morgan fingerprint density at radius 1 is 1.32 bits per heavy atom. The molecule has 0 aromatic carbocycles. The van der Waals surface area contributed by atoms with Crippen LogP contribution in [-0.4, -0.2) is 56.9 Å². The third-order valence-corrected chi connectivity index (χ3v) is 5.19. The number of fused-ring (bicyclic) bond motifs is 1. The summed E-state index contributed by atoms with van der Waals surface area (Å²) in [6.45, 7) is 8.94. The number of aromatic nitrogens is 3. The van der Waals surface area contributed by atoms with Crippen LogP contribution in [0.15, 0.2) is 18.3 Å². The number of aryl methyl sites for hydroxylation is 1. The second-order valence-corrected chi connectivity index (χ2v) is 8.54. The molecule has 0 N–H and O–H groups in total. The van der Waals surface area contributed by atoms with Gasteiger partial charge in [-0.2, -0.15) is 5.10 Å². The number of pyridine rings is 1. The van der Waals surface area contributed by atoms with Gasteiger partial charge in [-0.1, -0.05) is 6.92 Å². The van der Waals surface area contributed by atoms with Crippen LogP contribution in [0.3, 0.4) is 0 Å². The standard InChI is InChI=1S/C16H24N5P/c1-12-17-15-6-5-14(9-21(15)18-12)19-7-3-4-13(8-19)20-10-16(2,22)11-20/h5-6,9,13H,3-4,7-8,10-11,22H2,1-2H3. The SMILES string of the molecule is Cc1nc2ccc(N3CCCC(N4CC(C)(P)C4)C3)cn2n1. The molecule has 2 aliphatic rings. The van der Waals surface area contributed by atoms with Crippen molar-refractivity contribution < 1.29 is 0 Å². The maximum absolute atomic E-state index is 4.43. The quantitative estimate of drug-likeness (QED) is 0.794. The molecule has 2 unspecified atom stereocenters. The summed E-state index contributed by atoms with van der Waals surface area (Å²) in [5.74, 6) is 0.828. The Labute approximate surface area is 133 Å². The smallest absolute Gasteiger partial charge is 0.155 e. The van der Waals surface area contributed by atoms with E-state index in [4.69, 9.17) is 0 Å². The summed E-state index contributed by atoms with van der Waals surface area (Å²) in [4.78, 5) is 9.54. The number of likely N-dealkylation sites (tertiary alicyclic amines) is 1. The lowest BCUT2D eigenvalue weighted by Gasteiger charge is -2.52. The van der Waals surface area contributed by atoms with E-state index in [1.54, 1.807) is 0 Å². The fraction of sp³-hybridized carbons (Fsp3) is 0.625. The van der Waals surface area contributed by atoms with Crippen LogP contribution in [0, 0.1) is 6.92 Å². The summed E-state index contributed by atoms with van der Waals surface area (Å²) in [6.07, 6.45) is 4.71. The van der Waals surface area contributed by atoms with E-state index in [1.165, 1.54) is 31.6 Å². The van der Waals surface area contributed by atoms with Gasteiger partial charge in [-0.3, -0.25) is 4.90 Å². The highest BCUT2D eigenvalue weighted by Gasteiger charge is 2.39. The molecule has 0 spiro atoms. The second kappa shape index (κ2) is 5.17. The highest BCUT2D eigenvalue weighted by molar-refractivity contribution is 7.19. The fourth-order valence-corrected chi connectivity index (χ4v) is 4.27. The Morgan fingerprint density at radius 2 is 2.14 bits per heavy atom. The van der Waals surface area contributed by atoms with Crippen molar-refractivity contribution in [2.45, 2.75) is 37.9 Å². The van der Waals surface area contributed by atoms with E-state index in [2.05, 4.69) is 54.4 Å². The summed E-state index contributed by atoms with van der Waals surface area (Å²) < 4.78 is 1.90. The van der Waals surface area contributed by atoms with Gasteiger partial charge in [0, 0.05) is 37.4 Å². The van der Waals surface area contributed by atoms with Crippen LogP contribution >= 0.6 is 9.24 Å². The number of hydrogen-bond donors (Lipinski definition) is 0. The Hall–Kier alpha value is -1.19. The Morgan fingerprint density at radius 3 is 2.91 bits per heavy atom. The zero-order chi connectivity index (χ0) is 15.3. The molecule has 2 atom stereocenters. The number of rotatable bonds is 2. The molecule has 0 saturated carbocycles. The minimum Gasteiger partial charge on any atom is -0.369 e. The van der Waals surface area contributed by atoms with E-state index >= 15 is 0 Å². The first-order chi connectivity index (χ1) is 10.5. The molecule has 5 nitrogen and oxygen atoms in total. The first kappa shape index (κ1) is 14.4. The van der Waals surface area contributed by atoms with Gasteiger partial charge >= 0.3 is 0 Å².